The normalized spacial score (nSPS) is 11.7. The Kier molecular flexibility index (Phi) is 5.92. The van der Waals surface area contributed by atoms with E-state index < -0.39 is 11.7 Å². The topological polar surface area (TPSA) is 50.7 Å². The van der Waals surface area contributed by atoms with Crippen molar-refractivity contribution in [3.63, 3.8) is 0 Å². The Hall–Kier alpha value is -1.06. The van der Waals surface area contributed by atoms with Crippen molar-refractivity contribution in [3.8, 4) is 0 Å². The van der Waals surface area contributed by atoms with Crippen LogP contribution in [0.4, 0.5) is 4.79 Å². The Labute approximate surface area is 85.7 Å². The van der Waals surface area contributed by atoms with Crippen LogP contribution in [-0.2, 0) is 4.74 Å². The number of alkyl carbamates (subject to hydrolysis) is 1. The first kappa shape index (κ1) is 12.9. The average molecular weight is 200 g/mol. The molecule has 0 radical (unpaired) electrons. The van der Waals surface area contributed by atoms with Gasteiger partial charge in [-0.05, 0) is 27.2 Å². The second-order valence-electron chi connectivity index (χ2n) is 4.04. The molecule has 0 aromatic rings. The van der Waals surface area contributed by atoms with Crippen molar-refractivity contribution in [2.24, 2.45) is 4.99 Å². The highest BCUT2D eigenvalue weighted by Gasteiger charge is 2.14. The number of rotatable bonds is 4. The lowest BCUT2D eigenvalue weighted by Gasteiger charge is -2.18. The van der Waals surface area contributed by atoms with Gasteiger partial charge in [0, 0.05) is 6.54 Å². The van der Waals surface area contributed by atoms with Gasteiger partial charge in [-0.15, -0.1) is 0 Å². The van der Waals surface area contributed by atoms with Gasteiger partial charge in [0.05, 0.1) is 6.34 Å². The van der Waals surface area contributed by atoms with Crippen molar-refractivity contribution in [2.75, 3.05) is 6.54 Å². The fraction of sp³-hybridized carbons (Fsp3) is 0.800. The van der Waals surface area contributed by atoms with Crippen LogP contribution in [0.3, 0.4) is 0 Å². The van der Waals surface area contributed by atoms with Gasteiger partial charge >= 0.3 is 6.09 Å². The van der Waals surface area contributed by atoms with Crippen LogP contribution >= 0.6 is 0 Å². The summed E-state index contributed by atoms with van der Waals surface area (Å²) in [6, 6.07) is 0. The molecule has 0 saturated carbocycles. The van der Waals surface area contributed by atoms with E-state index in [0.717, 1.165) is 19.4 Å². The van der Waals surface area contributed by atoms with Gasteiger partial charge in [-0.2, -0.15) is 0 Å². The molecule has 14 heavy (non-hydrogen) atoms. The maximum Gasteiger partial charge on any atom is 0.412 e. The van der Waals surface area contributed by atoms with Crippen LogP contribution < -0.4 is 5.32 Å². The van der Waals surface area contributed by atoms with Crippen molar-refractivity contribution >= 4 is 12.4 Å². The number of nitrogens with zero attached hydrogens (tertiary/aromatic N) is 1. The molecule has 0 atom stereocenters. The quantitative estimate of drug-likeness (QED) is 0.430. The van der Waals surface area contributed by atoms with Gasteiger partial charge < -0.3 is 4.74 Å². The molecule has 0 saturated heterocycles. The molecule has 0 rings (SSSR count). The standard InChI is InChI=1S/C10H20N2O2/c1-5-6-7-11-8-12-9(13)14-10(2,3)4/h8H,5-7H2,1-4H3,(H,11,12,13). The van der Waals surface area contributed by atoms with Crippen molar-refractivity contribution in [1.82, 2.24) is 5.32 Å². The van der Waals surface area contributed by atoms with Crippen LogP contribution in [0.2, 0.25) is 0 Å². The van der Waals surface area contributed by atoms with Gasteiger partial charge in [0.2, 0.25) is 0 Å². The zero-order valence-corrected chi connectivity index (χ0v) is 9.46. The molecule has 4 heteroatoms. The summed E-state index contributed by atoms with van der Waals surface area (Å²) >= 11 is 0. The van der Waals surface area contributed by atoms with Gasteiger partial charge in [-0.25, -0.2) is 4.79 Å². The lowest BCUT2D eigenvalue weighted by atomic mass is 10.2. The van der Waals surface area contributed by atoms with Gasteiger partial charge in [0.1, 0.15) is 5.60 Å². The maximum atomic E-state index is 11.1. The van der Waals surface area contributed by atoms with Crippen molar-refractivity contribution in [2.45, 2.75) is 46.1 Å². The van der Waals surface area contributed by atoms with E-state index in [1.807, 2.05) is 20.8 Å². The second-order valence-corrected chi connectivity index (χ2v) is 4.04. The summed E-state index contributed by atoms with van der Waals surface area (Å²) in [5, 5.41) is 2.45. The lowest BCUT2D eigenvalue weighted by molar-refractivity contribution is 0.0565. The van der Waals surface area contributed by atoms with Crippen LogP contribution in [0.1, 0.15) is 40.5 Å². The molecule has 0 aliphatic carbocycles. The highest BCUT2D eigenvalue weighted by Crippen LogP contribution is 2.05. The molecule has 0 aliphatic rings. The Morgan fingerprint density at radius 1 is 1.50 bits per heavy atom. The Balaban J connectivity index is 3.59. The molecule has 0 unspecified atom stereocenters. The highest BCUT2D eigenvalue weighted by atomic mass is 16.6. The number of hydrogen-bond acceptors (Lipinski definition) is 3. The first-order chi connectivity index (χ1) is 6.45. The van der Waals surface area contributed by atoms with Crippen molar-refractivity contribution in [3.05, 3.63) is 0 Å². The minimum absolute atomic E-state index is 0.457. The maximum absolute atomic E-state index is 11.1. The number of nitrogens with one attached hydrogen (secondary N) is 1. The number of carbonyl (C=O) groups is 1. The monoisotopic (exact) mass is 200 g/mol. The molecular formula is C10H20N2O2. The predicted molar refractivity (Wildman–Crippen MR) is 57.6 cm³/mol. The Morgan fingerprint density at radius 2 is 2.14 bits per heavy atom. The van der Waals surface area contributed by atoms with E-state index in [2.05, 4.69) is 17.2 Å². The zero-order chi connectivity index (χ0) is 11.0. The van der Waals surface area contributed by atoms with Gasteiger partial charge in [-0.3, -0.25) is 10.3 Å². The number of unbranched alkanes of at least 4 members (excludes halogenated alkanes) is 1. The van der Waals surface area contributed by atoms with E-state index in [0.29, 0.717) is 0 Å². The number of carbonyl (C=O) groups excluding carboxylic acids is 1. The van der Waals surface area contributed by atoms with Crippen LogP contribution in [-0.4, -0.2) is 24.6 Å². The molecule has 1 N–H and O–H groups in total. The fourth-order valence-corrected chi connectivity index (χ4v) is 0.720. The van der Waals surface area contributed by atoms with E-state index in [1.165, 1.54) is 6.34 Å². The number of hydrogen-bond donors (Lipinski definition) is 1. The zero-order valence-electron chi connectivity index (χ0n) is 9.46. The molecule has 0 aliphatic heterocycles. The largest absolute Gasteiger partial charge is 0.444 e. The number of amides is 1. The van der Waals surface area contributed by atoms with E-state index in [-0.39, 0.29) is 0 Å². The first-order valence-corrected chi connectivity index (χ1v) is 4.93. The van der Waals surface area contributed by atoms with Crippen LogP contribution in [0.25, 0.3) is 0 Å². The van der Waals surface area contributed by atoms with E-state index in [1.54, 1.807) is 0 Å². The Morgan fingerprint density at radius 3 is 2.64 bits per heavy atom. The minimum atomic E-state index is -0.460. The lowest BCUT2D eigenvalue weighted by Crippen LogP contribution is -2.31. The Bertz CT molecular complexity index is 195. The summed E-state index contributed by atoms with van der Waals surface area (Å²) in [7, 11) is 0. The molecule has 82 valence electrons. The molecule has 0 aromatic carbocycles. The average Bonchev–Trinajstić information content (AvgIpc) is 2.00. The van der Waals surface area contributed by atoms with Crippen LogP contribution in [0.15, 0.2) is 4.99 Å². The molecule has 0 aromatic heterocycles. The first-order valence-electron chi connectivity index (χ1n) is 4.93. The van der Waals surface area contributed by atoms with Gasteiger partial charge in [0.15, 0.2) is 0 Å². The summed E-state index contributed by atoms with van der Waals surface area (Å²) in [5.41, 5.74) is -0.457. The molecule has 4 nitrogen and oxygen atoms in total. The highest BCUT2D eigenvalue weighted by molar-refractivity contribution is 5.82. The molecule has 1 amide bonds. The number of aliphatic imine (C=N–C) groups is 1. The molecule has 0 bridgehead atoms. The summed E-state index contributed by atoms with van der Waals surface area (Å²) in [6.45, 7) is 8.30. The van der Waals surface area contributed by atoms with Crippen molar-refractivity contribution < 1.29 is 9.53 Å². The fourth-order valence-electron chi connectivity index (χ4n) is 0.720. The minimum Gasteiger partial charge on any atom is -0.444 e. The summed E-state index contributed by atoms with van der Waals surface area (Å²) in [6.07, 6.45) is 3.07. The van der Waals surface area contributed by atoms with E-state index in [4.69, 9.17) is 4.74 Å². The van der Waals surface area contributed by atoms with Gasteiger partial charge in [-0.1, -0.05) is 13.3 Å². The summed E-state index contributed by atoms with van der Waals surface area (Å²) in [5.74, 6) is 0. The molecule has 0 heterocycles. The summed E-state index contributed by atoms with van der Waals surface area (Å²) < 4.78 is 5.00. The van der Waals surface area contributed by atoms with Crippen molar-refractivity contribution in [1.29, 1.82) is 0 Å². The summed E-state index contributed by atoms with van der Waals surface area (Å²) in [4.78, 5) is 15.1. The number of ether oxygens (including phenoxy) is 1. The molecule has 0 spiro atoms. The smallest absolute Gasteiger partial charge is 0.412 e. The van der Waals surface area contributed by atoms with Gasteiger partial charge in [0.25, 0.3) is 0 Å². The van der Waals surface area contributed by atoms with Crippen LogP contribution in [0.5, 0.6) is 0 Å². The predicted octanol–water partition coefficient (Wildman–Crippen LogP) is 2.34. The third kappa shape index (κ3) is 9.03. The second kappa shape index (κ2) is 6.40. The van der Waals surface area contributed by atoms with E-state index >= 15 is 0 Å². The third-order valence-electron chi connectivity index (χ3n) is 1.31. The van der Waals surface area contributed by atoms with Crippen LogP contribution in [0, 0.1) is 0 Å². The molecule has 0 fully saturated rings. The van der Waals surface area contributed by atoms with E-state index in [9.17, 15) is 4.79 Å². The SMILES string of the molecule is CCCCN=CNC(=O)OC(C)(C)C. The molecular weight excluding hydrogens is 180 g/mol. The third-order valence-corrected chi connectivity index (χ3v) is 1.31.